The lowest BCUT2D eigenvalue weighted by Crippen LogP contribution is -2.43. The first kappa shape index (κ1) is 14.6. The van der Waals surface area contributed by atoms with E-state index in [1.165, 1.54) is 24.1 Å². The van der Waals surface area contributed by atoms with Crippen molar-refractivity contribution in [2.24, 2.45) is 11.8 Å². The Morgan fingerprint density at radius 2 is 2.26 bits per heavy atom. The fourth-order valence-electron chi connectivity index (χ4n) is 3.22. The van der Waals surface area contributed by atoms with Gasteiger partial charge in [-0.05, 0) is 43.2 Å². The van der Waals surface area contributed by atoms with Gasteiger partial charge < -0.3 is 0 Å². The molecular formula is C16H24N2S. The van der Waals surface area contributed by atoms with Crippen LogP contribution in [0.2, 0.25) is 0 Å². The monoisotopic (exact) mass is 276 g/mol. The van der Waals surface area contributed by atoms with Crippen LogP contribution in [0, 0.1) is 23.2 Å². The Morgan fingerprint density at radius 1 is 1.42 bits per heavy atom. The van der Waals surface area contributed by atoms with E-state index in [4.69, 9.17) is 0 Å². The van der Waals surface area contributed by atoms with Crippen LogP contribution >= 0.6 is 11.3 Å². The van der Waals surface area contributed by atoms with E-state index in [2.05, 4.69) is 42.3 Å². The van der Waals surface area contributed by atoms with Crippen molar-refractivity contribution < 1.29 is 0 Å². The Bertz CT molecular complexity index is 407. The minimum atomic E-state index is 0.225. The lowest BCUT2D eigenvalue weighted by atomic mass is 9.77. The van der Waals surface area contributed by atoms with Crippen LogP contribution in [0.25, 0.3) is 0 Å². The van der Waals surface area contributed by atoms with E-state index in [1.807, 2.05) is 11.3 Å². The molecule has 0 aromatic carbocycles. The van der Waals surface area contributed by atoms with Gasteiger partial charge in [-0.25, -0.2) is 0 Å². The van der Waals surface area contributed by atoms with E-state index >= 15 is 0 Å². The van der Waals surface area contributed by atoms with Gasteiger partial charge in [0.15, 0.2) is 0 Å². The van der Waals surface area contributed by atoms with Crippen molar-refractivity contribution >= 4 is 11.3 Å². The molecule has 1 fully saturated rings. The second-order valence-electron chi connectivity index (χ2n) is 5.53. The van der Waals surface area contributed by atoms with E-state index in [9.17, 15) is 5.26 Å². The Balaban J connectivity index is 2.07. The molecule has 0 radical (unpaired) electrons. The van der Waals surface area contributed by atoms with E-state index in [-0.39, 0.29) is 5.92 Å². The number of nitrogens with zero attached hydrogens (tertiary/aromatic N) is 2. The molecule has 19 heavy (non-hydrogen) atoms. The highest BCUT2D eigenvalue weighted by atomic mass is 32.1. The second kappa shape index (κ2) is 7.07. The van der Waals surface area contributed by atoms with Gasteiger partial charge in [0.1, 0.15) is 0 Å². The van der Waals surface area contributed by atoms with Gasteiger partial charge in [-0.15, -0.1) is 11.3 Å². The first-order chi connectivity index (χ1) is 9.28. The maximum absolute atomic E-state index is 9.42. The molecule has 3 heteroatoms. The summed E-state index contributed by atoms with van der Waals surface area (Å²) in [7, 11) is 0. The molecule has 1 aliphatic carbocycles. The number of rotatable bonds is 5. The summed E-state index contributed by atoms with van der Waals surface area (Å²) < 4.78 is 0. The van der Waals surface area contributed by atoms with Crippen LogP contribution in [0.5, 0.6) is 0 Å². The molecule has 3 unspecified atom stereocenters. The van der Waals surface area contributed by atoms with Crippen LogP contribution in [-0.4, -0.2) is 17.5 Å². The van der Waals surface area contributed by atoms with E-state index in [0.29, 0.717) is 6.04 Å². The Kier molecular flexibility index (Phi) is 5.42. The van der Waals surface area contributed by atoms with Crippen molar-refractivity contribution in [2.75, 3.05) is 6.54 Å². The average Bonchev–Trinajstić information content (AvgIpc) is 2.97. The van der Waals surface area contributed by atoms with Gasteiger partial charge in [0.05, 0.1) is 12.0 Å². The summed E-state index contributed by atoms with van der Waals surface area (Å²) in [4.78, 5) is 3.93. The lowest BCUT2D eigenvalue weighted by Gasteiger charge is -2.39. The molecular weight excluding hydrogens is 252 g/mol. The zero-order valence-electron chi connectivity index (χ0n) is 12.0. The van der Waals surface area contributed by atoms with Gasteiger partial charge in [-0.1, -0.05) is 26.3 Å². The van der Waals surface area contributed by atoms with Gasteiger partial charge in [0.25, 0.3) is 0 Å². The van der Waals surface area contributed by atoms with Crippen LogP contribution in [0.1, 0.15) is 44.4 Å². The molecule has 1 aromatic heterocycles. The largest absolute Gasteiger partial charge is 0.294 e. The van der Waals surface area contributed by atoms with Crippen LogP contribution in [0.3, 0.4) is 0 Å². The third-order valence-corrected chi connectivity index (χ3v) is 5.34. The number of nitriles is 1. The molecule has 3 atom stereocenters. The minimum Gasteiger partial charge on any atom is -0.294 e. The molecule has 0 saturated heterocycles. The summed E-state index contributed by atoms with van der Waals surface area (Å²) in [5.74, 6) is 1.04. The van der Waals surface area contributed by atoms with Crippen molar-refractivity contribution in [3.8, 4) is 6.07 Å². The number of hydrogen-bond donors (Lipinski definition) is 0. The molecule has 0 amide bonds. The summed E-state index contributed by atoms with van der Waals surface area (Å²) in [5, 5.41) is 11.6. The summed E-state index contributed by atoms with van der Waals surface area (Å²) >= 11 is 1.82. The van der Waals surface area contributed by atoms with Crippen LogP contribution in [0.4, 0.5) is 0 Å². The molecule has 2 nitrogen and oxygen atoms in total. The first-order valence-electron chi connectivity index (χ1n) is 7.44. The third kappa shape index (κ3) is 3.58. The maximum atomic E-state index is 9.42. The van der Waals surface area contributed by atoms with E-state index < -0.39 is 0 Å². The van der Waals surface area contributed by atoms with Crippen molar-refractivity contribution in [3.05, 3.63) is 22.4 Å². The van der Waals surface area contributed by atoms with Gasteiger partial charge in [0.2, 0.25) is 0 Å². The fourth-order valence-corrected chi connectivity index (χ4v) is 3.95. The van der Waals surface area contributed by atoms with Gasteiger partial charge >= 0.3 is 0 Å². The van der Waals surface area contributed by atoms with Crippen LogP contribution < -0.4 is 0 Å². The Morgan fingerprint density at radius 3 is 2.84 bits per heavy atom. The molecule has 104 valence electrons. The molecule has 0 aliphatic heterocycles. The smallest absolute Gasteiger partial charge is 0.0672 e. The van der Waals surface area contributed by atoms with E-state index in [1.54, 1.807) is 0 Å². The summed E-state index contributed by atoms with van der Waals surface area (Å²) in [6, 6.07) is 7.33. The van der Waals surface area contributed by atoms with Crippen molar-refractivity contribution in [1.82, 2.24) is 4.90 Å². The molecule has 0 N–H and O–H groups in total. The number of thiophene rings is 1. The van der Waals surface area contributed by atoms with Crippen molar-refractivity contribution in [2.45, 2.75) is 52.1 Å². The highest BCUT2D eigenvalue weighted by Gasteiger charge is 2.33. The highest BCUT2D eigenvalue weighted by molar-refractivity contribution is 7.09. The van der Waals surface area contributed by atoms with Crippen molar-refractivity contribution in [1.29, 1.82) is 5.26 Å². The summed E-state index contributed by atoms with van der Waals surface area (Å²) in [5.41, 5.74) is 0. The fraction of sp³-hybridized carbons (Fsp3) is 0.688. The molecule has 1 aromatic rings. The third-order valence-electron chi connectivity index (χ3n) is 4.48. The molecule has 1 saturated carbocycles. The predicted octanol–water partition coefficient (Wildman–Crippen LogP) is 4.29. The molecule has 1 aliphatic rings. The zero-order valence-corrected chi connectivity index (χ0v) is 12.8. The summed E-state index contributed by atoms with van der Waals surface area (Å²) in [6.07, 6.45) is 4.78. The van der Waals surface area contributed by atoms with E-state index in [0.717, 1.165) is 25.4 Å². The second-order valence-corrected chi connectivity index (χ2v) is 6.56. The predicted molar refractivity (Wildman–Crippen MR) is 80.9 cm³/mol. The first-order valence-corrected chi connectivity index (χ1v) is 8.32. The lowest BCUT2D eigenvalue weighted by molar-refractivity contribution is 0.0988. The normalized spacial score (nSPS) is 27.4. The maximum Gasteiger partial charge on any atom is 0.0672 e. The molecule has 0 spiro atoms. The number of hydrogen-bond acceptors (Lipinski definition) is 3. The van der Waals surface area contributed by atoms with Gasteiger partial charge in [-0.2, -0.15) is 5.26 Å². The summed E-state index contributed by atoms with van der Waals surface area (Å²) in [6.45, 7) is 6.55. The quantitative estimate of drug-likeness (QED) is 0.802. The zero-order chi connectivity index (χ0) is 13.7. The topological polar surface area (TPSA) is 27.0 Å². The average molecular weight is 276 g/mol. The Labute approximate surface area is 121 Å². The van der Waals surface area contributed by atoms with Crippen LogP contribution in [0.15, 0.2) is 17.5 Å². The molecule has 1 heterocycles. The van der Waals surface area contributed by atoms with Gasteiger partial charge in [-0.3, -0.25) is 4.90 Å². The molecule has 2 rings (SSSR count). The minimum absolute atomic E-state index is 0.225. The molecule has 0 bridgehead atoms. The van der Waals surface area contributed by atoms with Crippen molar-refractivity contribution in [3.63, 3.8) is 0 Å². The standard InChI is InChI=1S/C16H24N2S/c1-3-13-7-8-14(11-17)16(10-13)18(4-2)12-15-6-5-9-19-15/h5-6,9,13-14,16H,3-4,7-8,10,12H2,1-2H3. The Hall–Kier alpha value is -0.850. The van der Waals surface area contributed by atoms with Gasteiger partial charge in [0, 0.05) is 17.5 Å². The highest BCUT2D eigenvalue weighted by Crippen LogP contribution is 2.34. The van der Waals surface area contributed by atoms with Crippen LogP contribution in [-0.2, 0) is 6.54 Å². The SMILES string of the molecule is CCC1CCC(C#N)C(N(CC)Cc2cccs2)C1.